The maximum atomic E-state index is 2.49. The van der Waals surface area contributed by atoms with Crippen molar-refractivity contribution in [1.82, 2.24) is 0 Å². The summed E-state index contributed by atoms with van der Waals surface area (Å²) in [5.74, 6) is 0.688. The highest BCUT2D eigenvalue weighted by molar-refractivity contribution is 5.91. The molecule has 7 aromatic carbocycles. The molecule has 0 N–H and O–H groups in total. The Balaban J connectivity index is 1.19. The Morgan fingerprint density at radius 2 is 1.03 bits per heavy atom. The van der Waals surface area contributed by atoms with Gasteiger partial charge >= 0.3 is 0 Å². The van der Waals surface area contributed by atoms with Gasteiger partial charge in [0.05, 0.1) is 5.69 Å². The lowest BCUT2D eigenvalue weighted by molar-refractivity contribution is 0.443. The number of para-hydroxylation sites is 1. The third-order valence-electron chi connectivity index (χ3n) is 13.5. The molecular weight excluding hydrogens is 711 g/mol. The van der Waals surface area contributed by atoms with Gasteiger partial charge in [-0.3, -0.25) is 0 Å². The van der Waals surface area contributed by atoms with E-state index in [0.29, 0.717) is 5.92 Å². The Bertz CT molecular complexity index is 2560. The second kappa shape index (κ2) is 15.2. The van der Waals surface area contributed by atoms with Gasteiger partial charge in [0.2, 0.25) is 0 Å². The van der Waals surface area contributed by atoms with E-state index >= 15 is 0 Å². The smallest absolute Gasteiger partial charge is 0.0540 e. The van der Waals surface area contributed by atoms with E-state index in [1.54, 1.807) is 0 Å². The van der Waals surface area contributed by atoms with Gasteiger partial charge in [0.25, 0.3) is 0 Å². The van der Waals surface area contributed by atoms with Crippen molar-refractivity contribution in [1.29, 1.82) is 0 Å². The molecule has 0 heterocycles. The molecule has 7 aromatic rings. The number of hydrogen-bond donors (Lipinski definition) is 0. The highest BCUT2D eigenvalue weighted by Gasteiger charge is 2.41. The molecule has 2 aliphatic carbocycles. The van der Waals surface area contributed by atoms with E-state index in [1.807, 2.05) is 0 Å². The van der Waals surface area contributed by atoms with Gasteiger partial charge in [-0.15, -0.1) is 0 Å². The molecule has 1 atom stereocenters. The van der Waals surface area contributed by atoms with Gasteiger partial charge in [0.15, 0.2) is 0 Å². The maximum absolute atomic E-state index is 2.49. The van der Waals surface area contributed by atoms with Crippen molar-refractivity contribution in [2.75, 3.05) is 4.90 Å². The van der Waals surface area contributed by atoms with Crippen LogP contribution in [0.4, 0.5) is 17.1 Å². The van der Waals surface area contributed by atoms with E-state index in [4.69, 9.17) is 0 Å². The molecule has 0 saturated heterocycles. The fourth-order valence-electron chi connectivity index (χ4n) is 9.88. The summed E-state index contributed by atoms with van der Waals surface area (Å²) < 4.78 is 0. The van der Waals surface area contributed by atoms with Crippen LogP contribution in [0.3, 0.4) is 0 Å². The average molecular weight is 770 g/mol. The first-order valence-electron chi connectivity index (χ1n) is 22.0. The van der Waals surface area contributed by atoms with Crippen LogP contribution in [0.25, 0.3) is 33.4 Å². The van der Waals surface area contributed by atoms with Crippen molar-refractivity contribution in [2.45, 2.75) is 103 Å². The topological polar surface area (TPSA) is 3.24 Å². The van der Waals surface area contributed by atoms with Crippen LogP contribution in [0.15, 0.2) is 164 Å². The van der Waals surface area contributed by atoms with Gasteiger partial charge in [-0.1, -0.05) is 194 Å². The van der Waals surface area contributed by atoms with E-state index in [0.717, 1.165) is 17.1 Å². The summed E-state index contributed by atoms with van der Waals surface area (Å²) in [5.41, 5.74) is 19.1. The van der Waals surface area contributed by atoms with Gasteiger partial charge < -0.3 is 4.90 Å². The lowest BCUT2D eigenvalue weighted by Crippen LogP contribution is -2.23. The zero-order chi connectivity index (χ0) is 40.9. The highest BCUT2D eigenvalue weighted by atomic mass is 15.1. The molecule has 9 rings (SSSR count). The molecule has 0 aromatic heterocycles. The van der Waals surface area contributed by atoms with Crippen LogP contribution < -0.4 is 4.90 Å². The molecule has 1 saturated carbocycles. The summed E-state index contributed by atoms with van der Waals surface area (Å²) in [5, 5.41) is 0. The summed E-state index contributed by atoms with van der Waals surface area (Å²) >= 11 is 0. The minimum Gasteiger partial charge on any atom is -0.310 e. The zero-order valence-corrected chi connectivity index (χ0v) is 36.1. The summed E-state index contributed by atoms with van der Waals surface area (Å²) in [6.07, 6.45) is 6.71. The molecule has 2 aliphatic rings. The number of fused-ring (bicyclic) bond motifs is 3. The monoisotopic (exact) mass is 769 g/mol. The summed E-state index contributed by atoms with van der Waals surface area (Å²) in [6.45, 7) is 16.3. The van der Waals surface area contributed by atoms with E-state index in [1.165, 1.54) is 98.9 Å². The second-order valence-electron chi connectivity index (χ2n) is 19.4. The van der Waals surface area contributed by atoms with Gasteiger partial charge in [-0.2, -0.15) is 0 Å². The van der Waals surface area contributed by atoms with Crippen LogP contribution in [-0.4, -0.2) is 0 Å². The van der Waals surface area contributed by atoms with Crippen LogP contribution in [0.2, 0.25) is 0 Å². The van der Waals surface area contributed by atoms with E-state index in [-0.39, 0.29) is 16.2 Å². The fourth-order valence-corrected chi connectivity index (χ4v) is 9.88. The Labute approximate surface area is 353 Å². The molecular formula is C58H59N. The lowest BCUT2D eigenvalue weighted by atomic mass is 9.73. The summed E-state index contributed by atoms with van der Waals surface area (Å²) in [6, 6.07) is 62.2. The van der Waals surface area contributed by atoms with Gasteiger partial charge in [-0.05, 0) is 128 Å². The van der Waals surface area contributed by atoms with Crippen molar-refractivity contribution < 1.29 is 0 Å². The number of anilines is 3. The largest absolute Gasteiger partial charge is 0.310 e. The fraction of sp³-hybridized carbons (Fsp3) is 0.276. The van der Waals surface area contributed by atoms with Crippen LogP contribution in [0, 0.1) is 0 Å². The molecule has 0 aliphatic heterocycles. The molecule has 59 heavy (non-hydrogen) atoms. The predicted molar refractivity (Wildman–Crippen MR) is 253 cm³/mol. The number of nitrogens with zero attached hydrogens (tertiary/aromatic N) is 1. The van der Waals surface area contributed by atoms with E-state index < -0.39 is 0 Å². The zero-order valence-electron chi connectivity index (χ0n) is 36.1. The lowest BCUT2D eigenvalue weighted by Gasteiger charge is -2.32. The van der Waals surface area contributed by atoms with Gasteiger partial charge in [0.1, 0.15) is 0 Å². The first-order chi connectivity index (χ1) is 28.4. The average Bonchev–Trinajstić information content (AvgIpc) is 3.52. The number of rotatable bonds is 7. The highest BCUT2D eigenvalue weighted by Crippen LogP contribution is 2.54. The SMILES string of the molecule is CC(C)(C)c1cc(-c2ccc(N(c3ccc4c(c3)C(C)(c3ccc(C5CCCCC5)cc3)c3ccccc3-4)c3ccccc3-c3ccccc3)cc2)cc(C(C)(C)C)c1. The standard InChI is InChI=1S/C58H59N/c1-56(2,3)46-36-44(37-47(38-46)57(4,5)6)42-28-32-48(33-29-42)59(55-25-17-15-22-50(55)43-20-12-9-13-21-43)49-34-35-52-51-23-14-16-24-53(51)58(7,54(52)39-49)45-30-26-41(27-31-45)40-18-10-8-11-19-40/h9,12-17,20-40H,8,10-11,18-19H2,1-7H3. The molecule has 0 bridgehead atoms. The molecule has 1 fully saturated rings. The molecule has 1 unspecified atom stereocenters. The Morgan fingerprint density at radius 3 is 1.69 bits per heavy atom. The third kappa shape index (κ3) is 7.24. The minimum atomic E-state index is -0.301. The number of benzene rings is 7. The molecule has 0 amide bonds. The minimum absolute atomic E-state index is 0.0487. The van der Waals surface area contributed by atoms with Crippen molar-refractivity contribution in [3.8, 4) is 33.4 Å². The number of hydrogen-bond acceptors (Lipinski definition) is 1. The molecule has 296 valence electrons. The normalized spacial score (nSPS) is 16.7. The van der Waals surface area contributed by atoms with Crippen molar-refractivity contribution in [3.63, 3.8) is 0 Å². The second-order valence-corrected chi connectivity index (χ2v) is 19.4. The van der Waals surface area contributed by atoms with Crippen molar-refractivity contribution >= 4 is 17.1 Å². The van der Waals surface area contributed by atoms with Gasteiger partial charge in [0, 0.05) is 22.4 Å². The molecule has 1 heteroatoms. The quantitative estimate of drug-likeness (QED) is 0.156. The van der Waals surface area contributed by atoms with Crippen molar-refractivity contribution in [3.05, 3.63) is 197 Å². The predicted octanol–water partition coefficient (Wildman–Crippen LogP) is 16.5. The van der Waals surface area contributed by atoms with Crippen LogP contribution in [0.5, 0.6) is 0 Å². The molecule has 0 spiro atoms. The maximum Gasteiger partial charge on any atom is 0.0540 e. The van der Waals surface area contributed by atoms with E-state index in [2.05, 4.69) is 217 Å². The Kier molecular flexibility index (Phi) is 9.99. The van der Waals surface area contributed by atoms with Crippen LogP contribution in [0.1, 0.15) is 120 Å². The van der Waals surface area contributed by atoms with Gasteiger partial charge in [-0.25, -0.2) is 0 Å². The van der Waals surface area contributed by atoms with Crippen LogP contribution in [-0.2, 0) is 16.2 Å². The van der Waals surface area contributed by atoms with Crippen LogP contribution >= 0.6 is 0 Å². The Hall–Kier alpha value is -5.66. The van der Waals surface area contributed by atoms with E-state index in [9.17, 15) is 0 Å². The summed E-state index contributed by atoms with van der Waals surface area (Å²) in [4.78, 5) is 2.48. The third-order valence-corrected chi connectivity index (χ3v) is 13.5. The van der Waals surface area contributed by atoms with Crippen molar-refractivity contribution in [2.24, 2.45) is 0 Å². The molecule has 0 radical (unpaired) electrons. The Morgan fingerprint density at radius 1 is 0.458 bits per heavy atom. The first kappa shape index (κ1) is 38.8. The summed E-state index contributed by atoms with van der Waals surface area (Å²) in [7, 11) is 0. The first-order valence-corrected chi connectivity index (χ1v) is 22.0. The molecule has 1 nitrogen and oxygen atoms in total.